The van der Waals surface area contributed by atoms with Crippen LogP contribution in [0, 0.1) is 11.7 Å². The zero-order valence-electron chi connectivity index (χ0n) is 21.9. The van der Waals surface area contributed by atoms with E-state index in [4.69, 9.17) is 4.98 Å². The number of nitrogens with zero attached hydrogens (tertiary/aromatic N) is 4. The van der Waals surface area contributed by atoms with E-state index in [1.807, 2.05) is 19.9 Å². The molecule has 0 unspecified atom stereocenters. The first-order valence-corrected chi connectivity index (χ1v) is 13.5. The number of aromatic amines is 2. The van der Waals surface area contributed by atoms with Crippen molar-refractivity contribution in [2.24, 2.45) is 5.92 Å². The average Bonchev–Trinajstić information content (AvgIpc) is 3.66. The summed E-state index contributed by atoms with van der Waals surface area (Å²) in [4.78, 5) is 42.2. The smallest absolute Gasteiger partial charge is 0.224 e. The normalized spacial score (nSPS) is 11.5. The predicted octanol–water partition coefficient (Wildman–Crippen LogP) is 6.62. The zero-order valence-corrected chi connectivity index (χ0v) is 22.7. The first kappa shape index (κ1) is 25.5. The van der Waals surface area contributed by atoms with Gasteiger partial charge in [-0.15, -0.1) is 11.3 Å². The van der Waals surface area contributed by atoms with E-state index in [1.54, 1.807) is 42.7 Å². The summed E-state index contributed by atoms with van der Waals surface area (Å²) in [6.45, 7) is 5.46. The molecule has 0 saturated carbocycles. The van der Waals surface area contributed by atoms with Gasteiger partial charge in [-0.05, 0) is 49.2 Å². The van der Waals surface area contributed by atoms with Crippen molar-refractivity contribution in [3.05, 3.63) is 65.7 Å². The molecule has 5 heterocycles. The number of amides is 1. The lowest BCUT2D eigenvalue weighted by atomic mass is 10.0. The Morgan fingerprint density at radius 1 is 1.07 bits per heavy atom. The Labute approximate surface area is 231 Å². The van der Waals surface area contributed by atoms with E-state index >= 15 is 4.39 Å². The van der Waals surface area contributed by atoms with Gasteiger partial charge in [0, 0.05) is 29.9 Å². The van der Waals surface area contributed by atoms with Crippen LogP contribution in [-0.4, -0.2) is 41.8 Å². The number of pyridine rings is 2. The van der Waals surface area contributed by atoms with Crippen LogP contribution in [0.5, 0.6) is 0 Å². The van der Waals surface area contributed by atoms with E-state index in [9.17, 15) is 9.59 Å². The first-order chi connectivity index (χ1) is 19.3. The van der Waals surface area contributed by atoms with Gasteiger partial charge in [0.05, 0.1) is 38.1 Å². The lowest BCUT2D eigenvalue weighted by molar-refractivity contribution is -0.116. The van der Waals surface area contributed by atoms with E-state index in [-0.39, 0.29) is 23.0 Å². The molecule has 6 rings (SSSR count). The Morgan fingerprint density at radius 3 is 2.70 bits per heavy atom. The molecule has 3 N–H and O–H groups in total. The van der Waals surface area contributed by atoms with Gasteiger partial charge in [0.1, 0.15) is 22.7 Å². The third-order valence-electron chi connectivity index (χ3n) is 6.41. The number of thiophene rings is 1. The van der Waals surface area contributed by atoms with Crippen LogP contribution < -0.4 is 5.32 Å². The molecule has 6 aromatic rings. The van der Waals surface area contributed by atoms with Crippen LogP contribution in [0.1, 0.15) is 36.9 Å². The maximum Gasteiger partial charge on any atom is 0.224 e. The summed E-state index contributed by atoms with van der Waals surface area (Å²) in [6.07, 6.45) is 5.13. The topological polar surface area (TPSA) is 129 Å². The number of ketones is 1. The molecule has 0 bridgehead atoms. The molecule has 40 heavy (non-hydrogen) atoms. The van der Waals surface area contributed by atoms with Gasteiger partial charge in [-0.2, -0.15) is 5.10 Å². The molecule has 0 spiro atoms. The Morgan fingerprint density at radius 2 is 1.93 bits per heavy atom. The van der Waals surface area contributed by atoms with E-state index < -0.39 is 5.82 Å². The third-order valence-corrected chi connectivity index (χ3v) is 7.60. The molecule has 0 aliphatic carbocycles. The summed E-state index contributed by atoms with van der Waals surface area (Å²) in [5.41, 5.74) is 4.08. The Bertz CT molecular complexity index is 1920. The van der Waals surface area contributed by atoms with Crippen LogP contribution in [0.15, 0.2) is 55.0 Å². The molecular formula is C29H24FN7O2S. The standard InChI is InChI=1S/C29H24FN7O2S/c1-14(2)10-23(39)33-17-11-16(12-31-13-17)18-4-5-19-24(25(18)30)28(37-36-19)29-34-20-8-9-32-27(26(20)35-29)22-7-6-21(40-22)15(3)38/h4-9,11-14H,10H2,1-3H3,(H,33,39)(H,34,35)(H,36,37). The van der Waals surface area contributed by atoms with Gasteiger partial charge in [0.25, 0.3) is 0 Å². The van der Waals surface area contributed by atoms with Crippen LogP contribution in [0.4, 0.5) is 10.1 Å². The molecule has 0 aliphatic rings. The Balaban J connectivity index is 1.41. The quantitative estimate of drug-likeness (QED) is 0.191. The van der Waals surface area contributed by atoms with E-state index in [2.05, 4.69) is 30.5 Å². The molecule has 0 fully saturated rings. The highest BCUT2D eigenvalue weighted by Gasteiger charge is 2.21. The number of hydrogen-bond donors (Lipinski definition) is 3. The molecule has 1 aromatic carbocycles. The Kier molecular flexibility index (Phi) is 6.43. The van der Waals surface area contributed by atoms with E-state index in [0.717, 1.165) is 4.88 Å². The monoisotopic (exact) mass is 553 g/mol. The highest BCUT2D eigenvalue weighted by Crippen LogP contribution is 2.36. The number of anilines is 1. The second kappa shape index (κ2) is 10.1. The van der Waals surface area contributed by atoms with Crippen LogP contribution >= 0.6 is 11.3 Å². The van der Waals surface area contributed by atoms with Crippen molar-refractivity contribution in [1.82, 2.24) is 30.1 Å². The summed E-state index contributed by atoms with van der Waals surface area (Å²) < 4.78 is 16.1. The van der Waals surface area contributed by atoms with E-state index in [1.165, 1.54) is 24.5 Å². The minimum absolute atomic E-state index is 0.0147. The number of carbonyl (C=O) groups excluding carboxylic acids is 2. The zero-order chi connectivity index (χ0) is 28.0. The van der Waals surface area contributed by atoms with Crippen LogP contribution in [-0.2, 0) is 4.79 Å². The Hall–Kier alpha value is -4.77. The number of halogens is 1. The maximum absolute atomic E-state index is 16.1. The van der Waals surface area contributed by atoms with Crippen molar-refractivity contribution < 1.29 is 14.0 Å². The fourth-order valence-electron chi connectivity index (χ4n) is 4.59. The number of H-pyrrole nitrogens is 2. The number of Topliss-reactive ketones (excluding diaryl/α,β-unsaturated/α-hetero) is 1. The van der Waals surface area contributed by atoms with Crippen LogP contribution in [0.2, 0.25) is 0 Å². The van der Waals surface area contributed by atoms with Gasteiger partial charge in [0.15, 0.2) is 11.6 Å². The fourth-order valence-corrected chi connectivity index (χ4v) is 5.49. The van der Waals surface area contributed by atoms with Crippen molar-refractivity contribution in [2.75, 3.05) is 5.32 Å². The van der Waals surface area contributed by atoms with Crippen molar-refractivity contribution in [3.8, 4) is 33.2 Å². The fraction of sp³-hybridized carbons (Fsp3) is 0.172. The number of fused-ring (bicyclic) bond motifs is 2. The molecule has 11 heteroatoms. The van der Waals surface area contributed by atoms with Gasteiger partial charge in [-0.25, -0.2) is 9.37 Å². The lowest BCUT2D eigenvalue weighted by Gasteiger charge is -2.09. The number of carbonyl (C=O) groups is 2. The molecule has 9 nitrogen and oxygen atoms in total. The van der Waals surface area contributed by atoms with Crippen molar-refractivity contribution >= 4 is 50.7 Å². The van der Waals surface area contributed by atoms with Crippen LogP contribution in [0.3, 0.4) is 0 Å². The third kappa shape index (κ3) is 4.64. The minimum atomic E-state index is -0.489. The largest absolute Gasteiger partial charge is 0.336 e. The van der Waals surface area contributed by atoms with Gasteiger partial charge in [-0.1, -0.05) is 13.8 Å². The van der Waals surface area contributed by atoms with Crippen molar-refractivity contribution in [1.29, 1.82) is 0 Å². The number of aromatic nitrogens is 6. The molecule has 200 valence electrons. The number of hydrogen-bond acceptors (Lipinski definition) is 7. The van der Waals surface area contributed by atoms with Gasteiger partial charge in [0.2, 0.25) is 5.91 Å². The predicted molar refractivity (Wildman–Crippen MR) is 154 cm³/mol. The lowest BCUT2D eigenvalue weighted by Crippen LogP contribution is -2.14. The minimum Gasteiger partial charge on any atom is -0.336 e. The maximum atomic E-state index is 16.1. The first-order valence-electron chi connectivity index (χ1n) is 12.7. The second-order valence-electron chi connectivity index (χ2n) is 9.89. The summed E-state index contributed by atoms with van der Waals surface area (Å²) >= 11 is 1.35. The molecule has 0 aliphatic heterocycles. The van der Waals surface area contributed by atoms with Crippen molar-refractivity contribution in [2.45, 2.75) is 27.2 Å². The highest BCUT2D eigenvalue weighted by atomic mass is 32.1. The summed E-state index contributed by atoms with van der Waals surface area (Å²) in [5.74, 6) is -0.0385. The van der Waals surface area contributed by atoms with Crippen molar-refractivity contribution in [3.63, 3.8) is 0 Å². The highest BCUT2D eigenvalue weighted by molar-refractivity contribution is 7.17. The number of benzene rings is 1. The molecule has 5 aromatic heterocycles. The number of nitrogens with one attached hydrogen (secondary N) is 3. The molecule has 0 radical (unpaired) electrons. The molecule has 1 amide bonds. The summed E-state index contributed by atoms with van der Waals surface area (Å²) in [7, 11) is 0. The second-order valence-corrected chi connectivity index (χ2v) is 11.0. The molecular weight excluding hydrogens is 529 g/mol. The molecule has 0 atom stereocenters. The van der Waals surface area contributed by atoms with E-state index in [0.29, 0.717) is 61.9 Å². The number of rotatable bonds is 7. The van der Waals surface area contributed by atoms with Gasteiger partial charge >= 0.3 is 0 Å². The summed E-state index contributed by atoms with van der Waals surface area (Å²) in [6, 6.07) is 10.5. The van der Waals surface area contributed by atoms with Gasteiger partial charge in [-0.3, -0.25) is 24.7 Å². The summed E-state index contributed by atoms with van der Waals surface area (Å²) in [5, 5.41) is 10.4. The van der Waals surface area contributed by atoms with Crippen LogP contribution in [0.25, 0.3) is 55.2 Å². The van der Waals surface area contributed by atoms with Gasteiger partial charge < -0.3 is 10.3 Å². The SMILES string of the molecule is CC(=O)c1ccc(-c2nccc3[nH]c(-c4n[nH]c5ccc(-c6cncc(NC(=O)CC(C)C)c6)c(F)c45)nc23)s1. The number of imidazole rings is 1. The molecule has 0 saturated heterocycles. The average molecular weight is 554 g/mol.